The van der Waals surface area contributed by atoms with Gasteiger partial charge < -0.3 is 34.6 Å². The van der Waals surface area contributed by atoms with Gasteiger partial charge in [0.15, 0.2) is 0 Å². The number of methoxy groups -OCH3 is 1. The number of nitrogens with one attached hydrogen (secondary N) is 3. The van der Waals surface area contributed by atoms with Crippen molar-refractivity contribution in [1.82, 2.24) is 25.2 Å². The van der Waals surface area contributed by atoms with E-state index in [1.165, 1.54) is 11.0 Å². The second kappa shape index (κ2) is 16.0. The predicted octanol–water partition coefficient (Wildman–Crippen LogP) is 4.93. The van der Waals surface area contributed by atoms with Gasteiger partial charge in [-0.1, -0.05) is 39.0 Å². The van der Waals surface area contributed by atoms with E-state index in [2.05, 4.69) is 21.9 Å². The Morgan fingerprint density at radius 3 is 2.25 bits per heavy atom. The molecule has 16 heteroatoms. The Morgan fingerprint density at radius 2 is 1.69 bits per heavy atom. The van der Waals surface area contributed by atoms with E-state index in [-0.39, 0.29) is 25.3 Å². The minimum absolute atomic E-state index is 0.0151. The zero-order chi connectivity index (χ0) is 43.2. The lowest BCUT2D eigenvalue weighted by Crippen LogP contribution is -2.60. The quantitative estimate of drug-likeness (QED) is 0.198. The van der Waals surface area contributed by atoms with E-state index in [0.717, 1.165) is 16.6 Å². The molecule has 2 saturated carbocycles. The molecule has 0 spiro atoms. The van der Waals surface area contributed by atoms with Crippen molar-refractivity contribution in [1.29, 1.82) is 0 Å². The number of carbonyl (C=O) groups excluding carboxylic acids is 4. The number of hydrogen-bond donors (Lipinski definition) is 3. The van der Waals surface area contributed by atoms with Crippen molar-refractivity contribution in [2.45, 2.75) is 102 Å². The normalized spacial score (nSPS) is 22.2. The molecule has 2 aliphatic carbocycles. The molecule has 59 heavy (non-hydrogen) atoms. The molecule has 15 nitrogen and oxygen atoms in total. The van der Waals surface area contributed by atoms with Gasteiger partial charge in [0.2, 0.25) is 27.7 Å². The van der Waals surface area contributed by atoms with Crippen LogP contribution in [0.2, 0.25) is 0 Å². The van der Waals surface area contributed by atoms with Crippen molar-refractivity contribution < 1.29 is 41.8 Å². The van der Waals surface area contributed by atoms with Gasteiger partial charge in [-0.15, -0.1) is 6.58 Å². The number of alkyl carbamates (subject to hydrolysis) is 1. The third-order valence-electron chi connectivity index (χ3n) is 10.8. The SMILES string of the molecule is C=CC1C[C@]1(NC(=O)C1C[C@@H](Oc2nc(-c3ccc(N(C)C)cc3)cc3cc(OC)ccc23)CN1C(=O)[C@@H](NC(=O)OC(C)(C)C)C(C)(C)C)C(=O)NS(=O)(=O)C1CC1. The fraction of sp³-hybridized carbons (Fsp3) is 0.512. The standard InChI is InChI=1S/C43H56N6O9S/c1-11-27-23-43(27,39(52)47-59(54,55)31-17-18-31)46-36(50)34-22-30(24-49(34)38(51)35(41(2,3)4)45-40(53)58-42(5,6)7)57-37-32-19-16-29(56-10)20-26(32)21-33(44-37)25-12-14-28(15-13-25)48(8)9/h11-16,19-21,27,30-31,34-35H,1,17-18,22-24H2,2-10H3,(H,45,53)(H,46,50)(H,47,52)/t27?,30-,34?,35-,43-/m1/s1. The van der Waals surface area contributed by atoms with Crippen molar-refractivity contribution in [2.24, 2.45) is 11.3 Å². The van der Waals surface area contributed by atoms with Gasteiger partial charge in [-0.3, -0.25) is 19.1 Å². The number of benzene rings is 2. The molecule has 3 fully saturated rings. The number of aromatic nitrogens is 1. The van der Waals surface area contributed by atoms with Gasteiger partial charge in [-0.05, 0) is 87.2 Å². The molecule has 2 heterocycles. The highest BCUT2D eigenvalue weighted by Crippen LogP contribution is 2.46. The van der Waals surface area contributed by atoms with Gasteiger partial charge in [0.05, 0.1) is 24.6 Å². The number of anilines is 1. The van der Waals surface area contributed by atoms with Crippen LogP contribution in [-0.2, 0) is 29.1 Å². The van der Waals surface area contributed by atoms with Gasteiger partial charge in [0, 0.05) is 43.1 Å². The van der Waals surface area contributed by atoms with Crippen LogP contribution in [0.25, 0.3) is 22.0 Å². The summed E-state index contributed by atoms with van der Waals surface area (Å²) in [5.74, 6) is -1.76. The number of amides is 4. The lowest BCUT2D eigenvalue weighted by Gasteiger charge is -2.36. The number of pyridine rings is 1. The summed E-state index contributed by atoms with van der Waals surface area (Å²) >= 11 is 0. The van der Waals surface area contributed by atoms with Gasteiger partial charge >= 0.3 is 6.09 Å². The molecule has 318 valence electrons. The number of carbonyl (C=O) groups is 4. The molecule has 3 N–H and O–H groups in total. The first-order valence-electron chi connectivity index (χ1n) is 19.8. The number of fused-ring (bicyclic) bond motifs is 1. The molecular formula is C43H56N6O9S. The third-order valence-corrected chi connectivity index (χ3v) is 12.7. The number of rotatable bonds is 13. The molecule has 0 radical (unpaired) electrons. The third kappa shape index (κ3) is 9.58. The van der Waals surface area contributed by atoms with Crippen LogP contribution in [-0.4, -0.2) is 104 Å². The Labute approximate surface area is 346 Å². The summed E-state index contributed by atoms with van der Waals surface area (Å²) in [7, 11) is 1.57. The second-order valence-electron chi connectivity index (χ2n) is 18.0. The van der Waals surface area contributed by atoms with E-state index >= 15 is 0 Å². The summed E-state index contributed by atoms with van der Waals surface area (Å²) in [6, 6.07) is 13.0. The molecule has 1 saturated heterocycles. The Hall–Kier alpha value is -5.38. The van der Waals surface area contributed by atoms with E-state index < -0.39 is 79.7 Å². The van der Waals surface area contributed by atoms with Crippen LogP contribution in [0.5, 0.6) is 11.6 Å². The van der Waals surface area contributed by atoms with Crippen LogP contribution in [0.4, 0.5) is 10.5 Å². The minimum atomic E-state index is -3.93. The summed E-state index contributed by atoms with van der Waals surface area (Å²) in [6.07, 6.45) is 0.918. The first kappa shape index (κ1) is 43.2. The molecule has 2 aromatic carbocycles. The molecule has 5 atom stereocenters. The maximum Gasteiger partial charge on any atom is 0.408 e. The summed E-state index contributed by atoms with van der Waals surface area (Å²) in [5, 5.41) is 6.34. The number of ether oxygens (including phenoxy) is 3. The van der Waals surface area contributed by atoms with Crippen LogP contribution < -0.4 is 29.7 Å². The molecular weight excluding hydrogens is 777 g/mol. The van der Waals surface area contributed by atoms with Crippen LogP contribution in [0, 0.1) is 11.3 Å². The molecule has 0 bridgehead atoms. The Balaban J connectivity index is 1.35. The second-order valence-corrected chi connectivity index (χ2v) is 19.9. The lowest BCUT2D eigenvalue weighted by molar-refractivity contribution is -0.143. The molecule has 2 unspecified atom stereocenters. The van der Waals surface area contributed by atoms with Crippen molar-refractivity contribution >= 4 is 50.3 Å². The van der Waals surface area contributed by atoms with Crippen LogP contribution in [0.3, 0.4) is 0 Å². The number of hydrogen-bond acceptors (Lipinski definition) is 11. The average Bonchev–Trinajstić information content (AvgIpc) is 4.09. The van der Waals surface area contributed by atoms with Crippen molar-refractivity contribution in [3.8, 4) is 22.9 Å². The Bertz CT molecular complexity index is 2250. The number of sulfonamides is 1. The van der Waals surface area contributed by atoms with E-state index in [1.807, 2.05) is 61.5 Å². The van der Waals surface area contributed by atoms with Crippen molar-refractivity contribution in [3.63, 3.8) is 0 Å². The first-order chi connectivity index (χ1) is 27.5. The zero-order valence-corrected chi connectivity index (χ0v) is 36.1. The predicted molar refractivity (Wildman–Crippen MR) is 224 cm³/mol. The van der Waals surface area contributed by atoms with Crippen LogP contribution in [0.1, 0.15) is 67.2 Å². The van der Waals surface area contributed by atoms with Gasteiger partial charge in [0.1, 0.15) is 35.1 Å². The molecule has 3 aliphatic rings. The van der Waals surface area contributed by atoms with E-state index in [1.54, 1.807) is 54.7 Å². The fourth-order valence-corrected chi connectivity index (χ4v) is 8.65. The highest BCUT2D eigenvalue weighted by atomic mass is 32.2. The summed E-state index contributed by atoms with van der Waals surface area (Å²) in [4.78, 5) is 64.2. The maximum atomic E-state index is 14.7. The fourth-order valence-electron chi connectivity index (χ4n) is 7.29. The Kier molecular flexibility index (Phi) is 11.7. The molecule has 1 aliphatic heterocycles. The summed E-state index contributed by atoms with van der Waals surface area (Å²) in [6.45, 7) is 14.2. The smallest absolute Gasteiger partial charge is 0.408 e. The molecule has 1 aromatic heterocycles. The minimum Gasteiger partial charge on any atom is -0.497 e. The van der Waals surface area contributed by atoms with Crippen LogP contribution in [0.15, 0.2) is 61.2 Å². The average molecular weight is 833 g/mol. The van der Waals surface area contributed by atoms with Crippen LogP contribution >= 0.6 is 0 Å². The monoisotopic (exact) mass is 832 g/mol. The van der Waals surface area contributed by atoms with E-state index in [0.29, 0.717) is 29.7 Å². The molecule has 3 aromatic rings. The highest BCUT2D eigenvalue weighted by molar-refractivity contribution is 7.91. The van der Waals surface area contributed by atoms with Gasteiger partial charge in [0.25, 0.3) is 5.91 Å². The van der Waals surface area contributed by atoms with Gasteiger partial charge in [-0.25, -0.2) is 18.2 Å². The largest absolute Gasteiger partial charge is 0.497 e. The molecule has 6 rings (SSSR count). The van der Waals surface area contributed by atoms with E-state index in [4.69, 9.17) is 19.2 Å². The molecule has 4 amide bonds. The summed E-state index contributed by atoms with van der Waals surface area (Å²) < 4.78 is 45.5. The Morgan fingerprint density at radius 1 is 1.02 bits per heavy atom. The van der Waals surface area contributed by atoms with Crippen molar-refractivity contribution in [2.75, 3.05) is 32.6 Å². The summed E-state index contributed by atoms with van der Waals surface area (Å²) in [5.41, 5.74) is -0.804. The lowest BCUT2D eigenvalue weighted by atomic mass is 9.85. The first-order valence-corrected chi connectivity index (χ1v) is 21.3. The zero-order valence-electron chi connectivity index (χ0n) is 35.2. The van der Waals surface area contributed by atoms with Gasteiger partial charge in [-0.2, -0.15) is 0 Å². The number of nitrogens with zero attached hydrogens (tertiary/aromatic N) is 3. The van der Waals surface area contributed by atoms with E-state index in [9.17, 15) is 27.6 Å². The highest BCUT2D eigenvalue weighted by Gasteiger charge is 2.62. The van der Waals surface area contributed by atoms with Crippen molar-refractivity contribution in [3.05, 3.63) is 61.2 Å². The maximum absolute atomic E-state index is 14.7. The number of likely N-dealkylation sites (tertiary alicyclic amines) is 1. The topological polar surface area (TPSA) is 186 Å².